The molecule has 0 atom stereocenters. The summed E-state index contributed by atoms with van der Waals surface area (Å²) in [7, 11) is 0. The number of pyridine rings is 1. The summed E-state index contributed by atoms with van der Waals surface area (Å²) in [6, 6.07) is 16.4. The second-order valence-corrected chi connectivity index (χ2v) is 6.68. The molecule has 0 bridgehead atoms. The van der Waals surface area contributed by atoms with Crippen LogP contribution in [-0.2, 0) is 5.75 Å². The Balaban J connectivity index is 1.80. The van der Waals surface area contributed by atoms with Crippen LogP contribution in [0.4, 0.5) is 10.2 Å². The number of hydrogen-bond donors (Lipinski definition) is 1. The van der Waals surface area contributed by atoms with Crippen LogP contribution in [0.1, 0.15) is 5.56 Å². The molecule has 0 saturated heterocycles. The van der Waals surface area contributed by atoms with Gasteiger partial charge in [0.25, 0.3) is 0 Å². The minimum absolute atomic E-state index is 0.0344. The van der Waals surface area contributed by atoms with Crippen molar-refractivity contribution in [1.82, 2.24) is 4.98 Å². The van der Waals surface area contributed by atoms with Gasteiger partial charge >= 0.3 is 0 Å². The van der Waals surface area contributed by atoms with E-state index < -0.39 is 5.82 Å². The molecule has 2 aromatic carbocycles. The van der Waals surface area contributed by atoms with Crippen LogP contribution in [-0.4, -0.2) is 11.2 Å². The van der Waals surface area contributed by atoms with Crippen LogP contribution >= 0.6 is 23.5 Å². The maximum absolute atomic E-state index is 13.7. The number of rotatable bonds is 4. The summed E-state index contributed by atoms with van der Waals surface area (Å²) in [5.74, 6) is 0.312. The van der Waals surface area contributed by atoms with Crippen molar-refractivity contribution in [2.45, 2.75) is 15.7 Å². The minimum atomic E-state index is -0.428. The lowest BCUT2D eigenvalue weighted by atomic mass is 10.1. The average Bonchev–Trinajstić information content (AvgIpc) is 2.55. The lowest BCUT2D eigenvalue weighted by Gasteiger charge is -2.07. The van der Waals surface area contributed by atoms with Gasteiger partial charge in [-0.05, 0) is 28.7 Å². The summed E-state index contributed by atoms with van der Waals surface area (Å²) in [5.41, 5.74) is 6.84. The molecule has 2 N–H and O–H groups in total. The van der Waals surface area contributed by atoms with Crippen molar-refractivity contribution in [1.29, 1.82) is 0 Å². The van der Waals surface area contributed by atoms with E-state index in [0.717, 1.165) is 10.8 Å². The van der Waals surface area contributed by atoms with Gasteiger partial charge in [0.15, 0.2) is 11.6 Å². The fraction of sp³-hybridized carbons (Fsp3) is 0.118. The Morgan fingerprint density at radius 2 is 1.86 bits per heavy atom. The molecule has 2 nitrogen and oxygen atoms in total. The van der Waals surface area contributed by atoms with Crippen LogP contribution in [0.5, 0.6) is 0 Å². The lowest BCUT2D eigenvalue weighted by Crippen LogP contribution is -1.98. The maximum atomic E-state index is 13.7. The third-order valence-electron chi connectivity index (χ3n) is 3.35. The second kappa shape index (κ2) is 6.58. The molecule has 5 heteroatoms. The van der Waals surface area contributed by atoms with Gasteiger partial charge in [0.2, 0.25) is 0 Å². The van der Waals surface area contributed by atoms with Crippen LogP contribution in [0.25, 0.3) is 10.8 Å². The molecule has 112 valence electrons. The van der Waals surface area contributed by atoms with Crippen LogP contribution < -0.4 is 5.73 Å². The molecule has 1 aromatic heterocycles. The summed E-state index contributed by atoms with van der Waals surface area (Å²) < 4.78 is 13.7. The Morgan fingerprint density at radius 1 is 1.09 bits per heavy atom. The highest BCUT2D eigenvalue weighted by atomic mass is 32.2. The van der Waals surface area contributed by atoms with Gasteiger partial charge in [-0.1, -0.05) is 42.5 Å². The number of nitrogens with two attached hydrogens (primary N) is 1. The van der Waals surface area contributed by atoms with Gasteiger partial charge < -0.3 is 5.73 Å². The first-order valence-corrected chi connectivity index (χ1v) is 8.99. The van der Waals surface area contributed by atoms with Gasteiger partial charge in [0.05, 0.1) is 0 Å². The van der Waals surface area contributed by atoms with Gasteiger partial charge in [-0.25, -0.2) is 9.37 Å². The zero-order chi connectivity index (χ0) is 15.5. The van der Waals surface area contributed by atoms with E-state index in [0.29, 0.717) is 4.90 Å². The fourth-order valence-electron chi connectivity index (χ4n) is 2.21. The van der Waals surface area contributed by atoms with Crippen LogP contribution in [0.2, 0.25) is 0 Å². The number of fused-ring (bicyclic) bond motifs is 1. The fourth-order valence-corrected chi connectivity index (χ4v) is 3.66. The SMILES string of the molecule is CSc1cc(SCc2ccc3ccccc3c2)nc(N)c1F. The lowest BCUT2D eigenvalue weighted by molar-refractivity contribution is 0.597. The van der Waals surface area contributed by atoms with Gasteiger partial charge in [-0.2, -0.15) is 0 Å². The highest BCUT2D eigenvalue weighted by Crippen LogP contribution is 2.30. The molecular formula is C17H15FN2S2. The van der Waals surface area contributed by atoms with Gasteiger partial charge in [-0.15, -0.1) is 23.5 Å². The van der Waals surface area contributed by atoms with E-state index in [-0.39, 0.29) is 5.82 Å². The molecule has 3 aromatic rings. The number of aromatic nitrogens is 1. The maximum Gasteiger partial charge on any atom is 0.178 e. The molecule has 3 rings (SSSR count). The van der Waals surface area contributed by atoms with Crippen molar-refractivity contribution in [3.05, 3.63) is 59.9 Å². The van der Waals surface area contributed by atoms with Crippen molar-refractivity contribution < 1.29 is 4.39 Å². The van der Waals surface area contributed by atoms with Crippen LogP contribution in [0, 0.1) is 5.82 Å². The Hall–Kier alpha value is -1.72. The number of nitrogen functional groups attached to an aromatic ring is 1. The largest absolute Gasteiger partial charge is 0.381 e. The van der Waals surface area contributed by atoms with E-state index in [4.69, 9.17) is 5.73 Å². The van der Waals surface area contributed by atoms with Crippen molar-refractivity contribution >= 4 is 40.1 Å². The van der Waals surface area contributed by atoms with E-state index >= 15 is 0 Å². The number of hydrogen-bond acceptors (Lipinski definition) is 4. The van der Waals surface area contributed by atoms with Crippen molar-refractivity contribution in [2.75, 3.05) is 12.0 Å². The van der Waals surface area contributed by atoms with Gasteiger partial charge in [-0.3, -0.25) is 0 Å². The predicted molar refractivity (Wildman–Crippen MR) is 93.9 cm³/mol. The standard InChI is InChI=1S/C17H15FN2S2/c1-21-14-9-15(20-17(19)16(14)18)22-10-11-6-7-12-4-2-3-5-13(12)8-11/h2-9H,10H2,1H3,(H2,19,20). The zero-order valence-corrected chi connectivity index (χ0v) is 13.7. The number of anilines is 1. The third kappa shape index (κ3) is 3.20. The van der Waals surface area contributed by atoms with Crippen molar-refractivity contribution in [2.24, 2.45) is 0 Å². The molecule has 0 spiro atoms. The quantitative estimate of drug-likeness (QED) is 0.686. The summed E-state index contributed by atoms with van der Waals surface area (Å²) in [5, 5.41) is 3.19. The normalized spacial score (nSPS) is 11.0. The Kier molecular flexibility index (Phi) is 4.55. The van der Waals surface area contributed by atoms with E-state index in [1.165, 1.54) is 28.1 Å². The molecule has 0 aliphatic heterocycles. The molecule has 0 fully saturated rings. The number of halogens is 1. The molecule has 0 saturated carbocycles. The Bertz CT molecular complexity index is 821. The molecule has 0 amide bonds. The topological polar surface area (TPSA) is 38.9 Å². The molecule has 0 aliphatic rings. The molecule has 0 unspecified atom stereocenters. The third-order valence-corrected chi connectivity index (χ3v) is 5.07. The Labute approximate surface area is 137 Å². The van der Waals surface area contributed by atoms with E-state index in [1.54, 1.807) is 17.8 Å². The molecule has 0 radical (unpaired) electrons. The summed E-state index contributed by atoms with van der Waals surface area (Å²) in [6.07, 6.45) is 1.83. The summed E-state index contributed by atoms with van der Waals surface area (Å²) >= 11 is 2.90. The first-order chi connectivity index (χ1) is 10.7. The minimum Gasteiger partial charge on any atom is -0.381 e. The van der Waals surface area contributed by atoms with Gasteiger partial charge in [0, 0.05) is 10.6 Å². The molecular weight excluding hydrogens is 315 g/mol. The first-order valence-electron chi connectivity index (χ1n) is 6.78. The zero-order valence-electron chi connectivity index (χ0n) is 12.0. The van der Waals surface area contributed by atoms with Crippen LogP contribution in [0.15, 0.2) is 58.5 Å². The summed E-state index contributed by atoms with van der Waals surface area (Å²) in [4.78, 5) is 4.65. The van der Waals surface area contributed by atoms with E-state index in [1.807, 2.05) is 18.4 Å². The first kappa shape index (κ1) is 15.2. The van der Waals surface area contributed by atoms with E-state index in [9.17, 15) is 4.39 Å². The molecule has 0 aliphatic carbocycles. The number of benzene rings is 2. The highest BCUT2D eigenvalue weighted by molar-refractivity contribution is 7.99. The van der Waals surface area contributed by atoms with E-state index in [2.05, 4.69) is 35.3 Å². The average molecular weight is 330 g/mol. The highest BCUT2D eigenvalue weighted by Gasteiger charge is 2.10. The predicted octanol–water partition coefficient (Wildman–Crippen LogP) is 4.97. The molecule has 1 heterocycles. The Morgan fingerprint density at radius 3 is 2.64 bits per heavy atom. The van der Waals surface area contributed by atoms with Crippen molar-refractivity contribution in [3.63, 3.8) is 0 Å². The second-order valence-electron chi connectivity index (χ2n) is 4.83. The number of thioether (sulfide) groups is 2. The number of nitrogens with zero attached hydrogens (tertiary/aromatic N) is 1. The van der Waals surface area contributed by atoms with Crippen LogP contribution in [0.3, 0.4) is 0 Å². The molecule has 22 heavy (non-hydrogen) atoms. The smallest absolute Gasteiger partial charge is 0.178 e. The van der Waals surface area contributed by atoms with Gasteiger partial charge in [0.1, 0.15) is 5.03 Å². The van der Waals surface area contributed by atoms with Crippen molar-refractivity contribution in [3.8, 4) is 0 Å². The summed E-state index contributed by atoms with van der Waals surface area (Å²) in [6.45, 7) is 0. The monoisotopic (exact) mass is 330 g/mol.